The van der Waals surface area contributed by atoms with Crippen LogP contribution in [0.5, 0.6) is 23.0 Å². The molecule has 0 saturated carbocycles. The predicted molar refractivity (Wildman–Crippen MR) is 179 cm³/mol. The van der Waals surface area contributed by atoms with Gasteiger partial charge >= 0.3 is 11.9 Å². The lowest BCUT2D eigenvalue weighted by molar-refractivity contribution is -0.143. The Morgan fingerprint density at radius 3 is 2.35 bits per heavy atom. The Bertz CT molecular complexity index is 2070. The molecule has 11 nitrogen and oxygen atoms in total. The largest absolute Gasteiger partial charge is 0.493 e. The molecule has 1 aliphatic rings. The number of halogens is 1. The number of benzene rings is 3. The van der Waals surface area contributed by atoms with Crippen LogP contribution in [0, 0.1) is 5.82 Å². The first kappa shape index (κ1) is 34.9. The molecule has 0 amide bonds. The van der Waals surface area contributed by atoms with Gasteiger partial charge in [0.1, 0.15) is 12.4 Å². The van der Waals surface area contributed by atoms with Crippen molar-refractivity contribution in [3.05, 3.63) is 114 Å². The summed E-state index contributed by atoms with van der Waals surface area (Å²) in [5.41, 5.74) is 2.24. The van der Waals surface area contributed by atoms with Gasteiger partial charge in [-0.1, -0.05) is 35.6 Å². The zero-order chi connectivity index (χ0) is 35.1. The van der Waals surface area contributed by atoms with Crippen molar-refractivity contribution in [3.8, 4) is 23.0 Å². The number of fused-ring (bicyclic) bond motifs is 1. The molecule has 1 aliphatic heterocycles. The molecule has 0 radical (unpaired) electrons. The Labute approximate surface area is 285 Å². The molecule has 3 aromatic carbocycles. The highest BCUT2D eigenvalue weighted by Crippen LogP contribution is 2.36. The summed E-state index contributed by atoms with van der Waals surface area (Å²) in [6, 6.07) is 15.4. The SMILES string of the molecule is CCOC(=O)C1=C(C)N=c2s/c(=C\c3ccc(OCc4ccc(F)cc4)c(OC)c3)c(=O)n2[C@@H]1c1ccc(OCC(=O)OC)c(OCC)c1. The van der Waals surface area contributed by atoms with E-state index in [1.54, 1.807) is 75.4 Å². The van der Waals surface area contributed by atoms with Crippen LogP contribution in [0.4, 0.5) is 4.39 Å². The number of carbonyl (C=O) groups excluding carboxylic acids is 2. The summed E-state index contributed by atoms with van der Waals surface area (Å²) in [7, 11) is 2.78. The van der Waals surface area contributed by atoms with Gasteiger partial charge in [0.25, 0.3) is 5.56 Å². The van der Waals surface area contributed by atoms with Gasteiger partial charge in [-0.05, 0) is 79.9 Å². The molecule has 0 N–H and O–H groups in total. The van der Waals surface area contributed by atoms with Crippen molar-refractivity contribution in [2.45, 2.75) is 33.4 Å². The van der Waals surface area contributed by atoms with E-state index in [-0.39, 0.29) is 36.8 Å². The molecule has 0 bridgehead atoms. The van der Waals surface area contributed by atoms with Crippen LogP contribution in [0.25, 0.3) is 6.08 Å². The Kier molecular flexibility index (Phi) is 11.1. The molecular formula is C36H35FN2O9S. The second-order valence-corrected chi connectivity index (χ2v) is 11.6. The van der Waals surface area contributed by atoms with Gasteiger partial charge in [-0.25, -0.2) is 19.0 Å². The number of thiazole rings is 1. The first-order valence-electron chi connectivity index (χ1n) is 15.4. The molecule has 49 heavy (non-hydrogen) atoms. The molecule has 1 aromatic heterocycles. The van der Waals surface area contributed by atoms with Crippen LogP contribution < -0.4 is 33.8 Å². The molecule has 13 heteroatoms. The van der Waals surface area contributed by atoms with Gasteiger partial charge in [0.2, 0.25) is 0 Å². The van der Waals surface area contributed by atoms with Gasteiger partial charge in [0.05, 0.1) is 49.3 Å². The van der Waals surface area contributed by atoms with E-state index in [4.69, 9.17) is 23.7 Å². The average molecular weight is 691 g/mol. The van der Waals surface area contributed by atoms with Crippen LogP contribution in [-0.2, 0) is 25.7 Å². The molecule has 256 valence electrons. The topological polar surface area (TPSA) is 124 Å². The zero-order valence-electron chi connectivity index (χ0n) is 27.6. The van der Waals surface area contributed by atoms with E-state index < -0.39 is 18.0 Å². The molecule has 0 spiro atoms. The van der Waals surface area contributed by atoms with Crippen LogP contribution in [0.2, 0.25) is 0 Å². The van der Waals surface area contributed by atoms with Crippen LogP contribution in [0.15, 0.2) is 81.7 Å². The molecule has 0 aliphatic carbocycles. The molecule has 0 saturated heterocycles. The van der Waals surface area contributed by atoms with Gasteiger partial charge in [-0.15, -0.1) is 0 Å². The first-order valence-corrected chi connectivity index (χ1v) is 16.2. The number of carbonyl (C=O) groups is 2. The number of hydrogen-bond donors (Lipinski definition) is 0. The third kappa shape index (κ3) is 7.83. The summed E-state index contributed by atoms with van der Waals surface area (Å²) in [6.45, 7) is 5.50. The number of aromatic nitrogens is 1. The minimum atomic E-state index is -0.900. The smallest absolute Gasteiger partial charge is 0.343 e. The van der Waals surface area contributed by atoms with Gasteiger partial charge in [-0.3, -0.25) is 9.36 Å². The molecule has 1 atom stereocenters. The fourth-order valence-corrected chi connectivity index (χ4v) is 6.22. The van der Waals surface area contributed by atoms with E-state index in [9.17, 15) is 18.8 Å². The van der Waals surface area contributed by atoms with Crippen LogP contribution in [0.3, 0.4) is 0 Å². The van der Waals surface area contributed by atoms with E-state index in [0.717, 1.165) is 5.56 Å². The van der Waals surface area contributed by atoms with Crippen molar-refractivity contribution in [2.24, 2.45) is 4.99 Å². The van der Waals surface area contributed by atoms with E-state index >= 15 is 0 Å². The number of allylic oxidation sites excluding steroid dienone is 1. The van der Waals surface area contributed by atoms with Gasteiger partial charge < -0.3 is 28.4 Å². The summed E-state index contributed by atoms with van der Waals surface area (Å²) in [5, 5.41) is 0. The molecular weight excluding hydrogens is 655 g/mol. The van der Waals surface area contributed by atoms with E-state index in [0.29, 0.717) is 55.8 Å². The normalized spacial score (nSPS) is 14.1. The summed E-state index contributed by atoms with van der Waals surface area (Å²) in [4.78, 5) is 44.2. The lowest BCUT2D eigenvalue weighted by Crippen LogP contribution is -2.40. The quantitative estimate of drug-likeness (QED) is 0.187. The van der Waals surface area contributed by atoms with E-state index in [1.165, 1.54) is 42.3 Å². The molecule has 4 aromatic rings. The molecule has 5 rings (SSSR count). The van der Waals surface area contributed by atoms with E-state index in [1.807, 2.05) is 0 Å². The number of rotatable bonds is 13. The minimum absolute atomic E-state index is 0.128. The Morgan fingerprint density at radius 2 is 1.65 bits per heavy atom. The summed E-state index contributed by atoms with van der Waals surface area (Å²) in [6.07, 6.45) is 1.71. The summed E-state index contributed by atoms with van der Waals surface area (Å²) >= 11 is 1.18. The number of nitrogens with zero attached hydrogens (tertiary/aromatic N) is 2. The monoisotopic (exact) mass is 690 g/mol. The number of methoxy groups -OCH3 is 2. The van der Waals surface area contributed by atoms with Gasteiger partial charge in [-0.2, -0.15) is 0 Å². The fraction of sp³-hybridized carbons (Fsp3) is 0.278. The van der Waals surface area contributed by atoms with Gasteiger partial charge in [0, 0.05) is 0 Å². The lowest BCUT2D eigenvalue weighted by Gasteiger charge is -2.25. The van der Waals surface area contributed by atoms with Crippen molar-refractivity contribution >= 4 is 29.4 Å². The van der Waals surface area contributed by atoms with Gasteiger partial charge in [0.15, 0.2) is 34.4 Å². The lowest BCUT2D eigenvalue weighted by atomic mass is 9.95. The highest BCUT2D eigenvalue weighted by molar-refractivity contribution is 7.07. The first-order chi connectivity index (χ1) is 23.7. The van der Waals surface area contributed by atoms with Crippen molar-refractivity contribution < 1.29 is 42.4 Å². The average Bonchev–Trinajstić information content (AvgIpc) is 3.40. The zero-order valence-corrected chi connectivity index (χ0v) is 28.4. The molecule has 2 heterocycles. The van der Waals surface area contributed by atoms with E-state index in [2.05, 4.69) is 9.73 Å². The highest BCUT2D eigenvalue weighted by atomic mass is 32.1. The Morgan fingerprint density at radius 1 is 0.918 bits per heavy atom. The molecule has 0 unspecified atom stereocenters. The Balaban J connectivity index is 1.55. The summed E-state index contributed by atoms with van der Waals surface area (Å²) < 4.78 is 48.1. The van der Waals surface area contributed by atoms with Crippen molar-refractivity contribution in [3.63, 3.8) is 0 Å². The standard InChI is InChI=1S/C36H35FN2O9S/c1-6-45-29-18-24(11-15-27(29)48-20-31(40)44-5)33-32(35(42)46-7-2)21(3)38-36-39(33)34(41)30(49-36)17-23-10-14-26(28(16-23)43-4)47-19-22-8-12-25(37)13-9-22/h8-18,33H,6-7,19-20H2,1-5H3/b30-17-/t33-/m1/s1. The third-order valence-corrected chi connectivity index (χ3v) is 8.45. The maximum Gasteiger partial charge on any atom is 0.343 e. The second kappa shape index (κ2) is 15.6. The number of esters is 2. The van der Waals surface area contributed by atoms with Crippen molar-refractivity contribution in [2.75, 3.05) is 34.0 Å². The fourth-order valence-electron chi connectivity index (χ4n) is 5.17. The second-order valence-electron chi connectivity index (χ2n) is 10.6. The van der Waals surface area contributed by atoms with Crippen LogP contribution >= 0.6 is 11.3 Å². The Hall–Kier alpha value is -5.43. The highest BCUT2D eigenvalue weighted by Gasteiger charge is 2.34. The van der Waals surface area contributed by atoms with Crippen molar-refractivity contribution in [1.29, 1.82) is 0 Å². The predicted octanol–water partition coefficient (Wildman–Crippen LogP) is 4.48. The minimum Gasteiger partial charge on any atom is -0.493 e. The number of hydrogen-bond acceptors (Lipinski definition) is 11. The maximum absolute atomic E-state index is 14.1. The maximum atomic E-state index is 14.1. The summed E-state index contributed by atoms with van der Waals surface area (Å²) in [5.74, 6) is 0.0343. The van der Waals surface area contributed by atoms with Crippen LogP contribution in [0.1, 0.15) is 43.5 Å². The van der Waals surface area contributed by atoms with Crippen molar-refractivity contribution in [1.82, 2.24) is 4.57 Å². The third-order valence-electron chi connectivity index (χ3n) is 7.47. The van der Waals surface area contributed by atoms with Crippen LogP contribution in [-0.4, -0.2) is 50.5 Å². The number of ether oxygens (including phenoxy) is 6. The molecule has 0 fully saturated rings.